The van der Waals surface area contributed by atoms with Crippen LogP contribution in [0.15, 0.2) is 21.2 Å². The molecule has 0 amide bonds. The highest BCUT2D eigenvalue weighted by Crippen LogP contribution is 2.37. The van der Waals surface area contributed by atoms with E-state index in [9.17, 15) is 13.2 Å². The summed E-state index contributed by atoms with van der Waals surface area (Å²) in [6, 6.07) is 0. The van der Waals surface area contributed by atoms with Gasteiger partial charge in [0.25, 0.3) is 0 Å². The molecule has 0 N–H and O–H groups in total. The van der Waals surface area contributed by atoms with Crippen LogP contribution in [0.3, 0.4) is 0 Å². The molecule has 0 radical (unpaired) electrons. The lowest BCUT2D eigenvalue weighted by atomic mass is 10.1. The van der Waals surface area contributed by atoms with Crippen LogP contribution in [0.25, 0.3) is 0 Å². The molecule has 0 saturated carbocycles. The van der Waals surface area contributed by atoms with E-state index in [1.54, 1.807) is 0 Å². The second-order valence-corrected chi connectivity index (χ2v) is 3.78. The van der Waals surface area contributed by atoms with Crippen LogP contribution in [0, 0.1) is 0 Å². The van der Waals surface area contributed by atoms with Gasteiger partial charge in [0.05, 0.1) is 5.03 Å². The van der Waals surface area contributed by atoms with Gasteiger partial charge in [-0.05, 0) is 18.9 Å². The highest BCUT2D eigenvalue weighted by molar-refractivity contribution is 9.11. The molecular formula is C7H5BrClF3. The van der Waals surface area contributed by atoms with E-state index in [2.05, 4.69) is 15.9 Å². The number of allylic oxidation sites excluding steroid dienone is 4. The minimum Gasteiger partial charge on any atom is -0.166 e. The molecule has 5 heteroatoms. The van der Waals surface area contributed by atoms with Crippen molar-refractivity contribution in [3.8, 4) is 0 Å². The van der Waals surface area contributed by atoms with E-state index >= 15 is 0 Å². The van der Waals surface area contributed by atoms with Crippen molar-refractivity contribution in [1.29, 1.82) is 0 Å². The predicted molar refractivity (Wildman–Crippen MR) is 45.2 cm³/mol. The topological polar surface area (TPSA) is 0 Å². The Morgan fingerprint density at radius 2 is 1.92 bits per heavy atom. The first-order chi connectivity index (χ1) is 5.41. The number of hydrogen-bond donors (Lipinski definition) is 0. The molecule has 1 aliphatic rings. The minimum atomic E-state index is -4.24. The lowest BCUT2D eigenvalue weighted by Crippen LogP contribution is -2.13. The summed E-state index contributed by atoms with van der Waals surface area (Å²) in [5.41, 5.74) is -0.560. The van der Waals surface area contributed by atoms with E-state index in [1.807, 2.05) is 0 Å². The molecule has 68 valence electrons. The van der Waals surface area contributed by atoms with Gasteiger partial charge in [-0.2, -0.15) is 13.2 Å². The van der Waals surface area contributed by atoms with Gasteiger partial charge >= 0.3 is 6.18 Å². The Balaban J connectivity index is 2.91. The monoisotopic (exact) mass is 260 g/mol. The first-order valence-corrected chi connectivity index (χ1v) is 4.40. The van der Waals surface area contributed by atoms with Crippen LogP contribution in [-0.2, 0) is 0 Å². The fraction of sp³-hybridized carbons (Fsp3) is 0.429. The Kier molecular flexibility index (Phi) is 2.88. The van der Waals surface area contributed by atoms with Crippen molar-refractivity contribution < 1.29 is 13.2 Å². The van der Waals surface area contributed by atoms with Crippen LogP contribution in [0.5, 0.6) is 0 Å². The Morgan fingerprint density at radius 3 is 2.33 bits per heavy atom. The summed E-state index contributed by atoms with van der Waals surface area (Å²) in [5, 5.41) is 0.147. The summed E-state index contributed by atoms with van der Waals surface area (Å²) in [5.74, 6) is 0. The second kappa shape index (κ2) is 3.42. The molecule has 0 heterocycles. The zero-order valence-electron chi connectivity index (χ0n) is 5.88. The van der Waals surface area contributed by atoms with Gasteiger partial charge < -0.3 is 0 Å². The quantitative estimate of drug-likeness (QED) is 0.615. The molecule has 0 spiro atoms. The largest absolute Gasteiger partial charge is 0.412 e. The molecule has 12 heavy (non-hydrogen) atoms. The van der Waals surface area contributed by atoms with Crippen molar-refractivity contribution >= 4 is 27.5 Å². The van der Waals surface area contributed by atoms with Gasteiger partial charge in [-0.3, -0.25) is 0 Å². The predicted octanol–water partition coefficient (Wildman–Crippen LogP) is 4.11. The van der Waals surface area contributed by atoms with Gasteiger partial charge in [-0.25, -0.2) is 0 Å². The van der Waals surface area contributed by atoms with Crippen molar-refractivity contribution in [2.75, 3.05) is 0 Å². The van der Waals surface area contributed by atoms with E-state index in [-0.39, 0.29) is 11.5 Å². The van der Waals surface area contributed by atoms with E-state index in [1.165, 1.54) is 0 Å². The van der Waals surface area contributed by atoms with Crippen LogP contribution in [-0.4, -0.2) is 6.18 Å². The Hall–Kier alpha value is 0.0400. The first kappa shape index (κ1) is 10.1. The number of alkyl halides is 3. The third-order valence-corrected chi connectivity index (χ3v) is 2.93. The van der Waals surface area contributed by atoms with Crippen molar-refractivity contribution in [2.24, 2.45) is 0 Å². The molecule has 1 aliphatic carbocycles. The summed E-state index contributed by atoms with van der Waals surface area (Å²) >= 11 is 8.61. The Labute approximate surface area is 81.2 Å². The van der Waals surface area contributed by atoms with Crippen LogP contribution >= 0.6 is 27.5 Å². The number of hydrogen-bond acceptors (Lipinski definition) is 0. The molecule has 0 fully saturated rings. The SMILES string of the molecule is FC(F)(F)C1=CC(Cl)=C(Br)CC1. The van der Waals surface area contributed by atoms with Crippen LogP contribution in [0.4, 0.5) is 13.2 Å². The van der Waals surface area contributed by atoms with Crippen LogP contribution in [0.1, 0.15) is 12.8 Å². The van der Waals surface area contributed by atoms with Gasteiger partial charge in [0, 0.05) is 10.1 Å². The summed E-state index contributed by atoms with van der Waals surface area (Å²) in [6.45, 7) is 0. The molecule has 0 aromatic heterocycles. The molecule has 0 saturated heterocycles. The van der Waals surface area contributed by atoms with Gasteiger partial charge in [0.1, 0.15) is 0 Å². The van der Waals surface area contributed by atoms with Gasteiger partial charge in [0.2, 0.25) is 0 Å². The van der Waals surface area contributed by atoms with Gasteiger partial charge in [0.15, 0.2) is 0 Å². The lowest BCUT2D eigenvalue weighted by Gasteiger charge is -2.15. The number of rotatable bonds is 0. The second-order valence-electron chi connectivity index (χ2n) is 2.42. The third kappa shape index (κ3) is 2.26. The van der Waals surface area contributed by atoms with Crippen molar-refractivity contribution in [3.05, 3.63) is 21.2 Å². The highest BCUT2D eigenvalue weighted by Gasteiger charge is 2.34. The summed E-state index contributed by atoms with van der Waals surface area (Å²) in [7, 11) is 0. The van der Waals surface area contributed by atoms with Gasteiger partial charge in [-0.15, -0.1) is 0 Å². The highest BCUT2D eigenvalue weighted by atomic mass is 79.9. The molecule has 0 aromatic carbocycles. The third-order valence-electron chi connectivity index (χ3n) is 1.54. The maximum Gasteiger partial charge on any atom is 0.412 e. The van der Waals surface area contributed by atoms with E-state index in [4.69, 9.17) is 11.6 Å². The zero-order valence-corrected chi connectivity index (χ0v) is 8.22. The number of halogens is 5. The Morgan fingerprint density at radius 1 is 1.33 bits per heavy atom. The minimum absolute atomic E-state index is 0.000301. The fourth-order valence-electron chi connectivity index (χ4n) is 0.891. The summed E-state index contributed by atoms with van der Waals surface area (Å²) < 4.78 is 36.9. The molecule has 0 aromatic rings. The van der Waals surface area contributed by atoms with Crippen molar-refractivity contribution in [2.45, 2.75) is 19.0 Å². The molecule has 1 rings (SSSR count). The molecule has 0 atom stereocenters. The average Bonchev–Trinajstić information content (AvgIpc) is 1.92. The fourth-order valence-corrected chi connectivity index (χ4v) is 1.43. The molecule has 0 nitrogen and oxygen atoms in total. The van der Waals surface area contributed by atoms with Crippen molar-refractivity contribution in [1.82, 2.24) is 0 Å². The average molecular weight is 261 g/mol. The van der Waals surface area contributed by atoms with Gasteiger partial charge in [-0.1, -0.05) is 27.5 Å². The molecule has 0 aliphatic heterocycles. The normalized spacial score (nSPS) is 19.6. The molecule has 0 bridgehead atoms. The first-order valence-electron chi connectivity index (χ1n) is 3.23. The maximum absolute atomic E-state index is 12.1. The van der Waals surface area contributed by atoms with Crippen molar-refractivity contribution in [3.63, 3.8) is 0 Å². The Bertz CT molecular complexity index is 252. The smallest absolute Gasteiger partial charge is 0.166 e. The zero-order chi connectivity index (χ0) is 9.35. The van der Waals surface area contributed by atoms with E-state index in [0.29, 0.717) is 10.9 Å². The lowest BCUT2D eigenvalue weighted by molar-refractivity contribution is -0.0940. The summed E-state index contributed by atoms with van der Waals surface area (Å²) in [4.78, 5) is 0. The van der Waals surface area contributed by atoms with E-state index in [0.717, 1.165) is 6.08 Å². The maximum atomic E-state index is 12.1. The van der Waals surface area contributed by atoms with Crippen LogP contribution in [0.2, 0.25) is 0 Å². The van der Waals surface area contributed by atoms with E-state index < -0.39 is 11.7 Å². The van der Waals surface area contributed by atoms with Crippen LogP contribution < -0.4 is 0 Å². The summed E-state index contributed by atoms with van der Waals surface area (Å²) in [6.07, 6.45) is -2.95. The molecule has 0 unspecified atom stereocenters. The standard InChI is InChI=1S/C7H5BrClF3/c8-5-2-1-4(3-6(5)9)7(10,11)12/h3H,1-2H2. The molecular weight excluding hydrogens is 256 g/mol.